The van der Waals surface area contributed by atoms with Gasteiger partial charge in [-0.25, -0.2) is 4.39 Å². The minimum atomic E-state index is -0.222. The van der Waals surface area contributed by atoms with Crippen LogP contribution < -0.4 is 5.32 Å². The summed E-state index contributed by atoms with van der Waals surface area (Å²) in [6.45, 7) is 3.89. The van der Waals surface area contributed by atoms with Crippen LogP contribution in [0.3, 0.4) is 0 Å². The predicted octanol–water partition coefficient (Wildman–Crippen LogP) is 4.43. The van der Waals surface area contributed by atoms with Crippen molar-refractivity contribution in [3.8, 4) is 0 Å². The van der Waals surface area contributed by atoms with Crippen LogP contribution in [0.2, 0.25) is 0 Å². The Labute approximate surface area is 124 Å². The lowest BCUT2D eigenvalue weighted by Crippen LogP contribution is -2.06. The molecular formula is C19H16FN. The number of hydrogen-bond donors (Lipinski definition) is 1. The summed E-state index contributed by atoms with van der Waals surface area (Å²) in [4.78, 5) is 0. The van der Waals surface area contributed by atoms with E-state index in [0.29, 0.717) is 0 Å². The van der Waals surface area contributed by atoms with E-state index in [1.54, 1.807) is 6.07 Å². The van der Waals surface area contributed by atoms with Gasteiger partial charge >= 0.3 is 0 Å². The lowest BCUT2D eigenvalue weighted by atomic mass is 9.93. The van der Waals surface area contributed by atoms with Gasteiger partial charge in [-0.15, -0.1) is 0 Å². The van der Waals surface area contributed by atoms with Crippen LogP contribution in [0.25, 0.3) is 5.57 Å². The zero-order valence-corrected chi connectivity index (χ0v) is 11.6. The first-order valence-corrected chi connectivity index (χ1v) is 6.89. The molecule has 0 amide bonds. The third-order valence-corrected chi connectivity index (χ3v) is 3.48. The van der Waals surface area contributed by atoms with E-state index in [4.69, 9.17) is 0 Å². The Morgan fingerprint density at radius 1 is 1.05 bits per heavy atom. The lowest BCUT2D eigenvalue weighted by molar-refractivity contribution is 0.626. The molecule has 0 bridgehead atoms. The van der Waals surface area contributed by atoms with Crippen LogP contribution in [0.15, 0.2) is 79.2 Å². The maximum atomic E-state index is 13.6. The minimum absolute atomic E-state index is 0.222. The van der Waals surface area contributed by atoms with Crippen LogP contribution in [-0.4, -0.2) is 0 Å². The topological polar surface area (TPSA) is 12.0 Å². The average molecular weight is 277 g/mol. The van der Waals surface area contributed by atoms with Crippen molar-refractivity contribution in [1.29, 1.82) is 0 Å². The Hall–Kier alpha value is -2.61. The molecule has 1 nitrogen and oxygen atoms in total. The van der Waals surface area contributed by atoms with E-state index in [1.165, 1.54) is 11.6 Å². The molecule has 21 heavy (non-hydrogen) atoms. The smallest absolute Gasteiger partial charge is 0.123 e. The highest BCUT2D eigenvalue weighted by molar-refractivity contribution is 5.79. The molecule has 0 spiro atoms. The molecule has 3 rings (SSSR count). The van der Waals surface area contributed by atoms with E-state index in [9.17, 15) is 4.39 Å². The van der Waals surface area contributed by atoms with Crippen LogP contribution in [0.4, 0.5) is 4.39 Å². The molecule has 1 aliphatic rings. The number of nitrogens with one attached hydrogen (secondary N) is 1. The Bertz CT molecular complexity index is 726. The van der Waals surface area contributed by atoms with Gasteiger partial charge in [-0.05, 0) is 53.0 Å². The van der Waals surface area contributed by atoms with Crippen LogP contribution in [0.1, 0.15) is 16.7 Å². The second-order valence-corrected chi connectivity index (χ2v) is 5.07. The first-order chi connectivity index (χ1) is 10.2. The fraction of sp³-hybridized carbons (Fsp3) is 0.0526. The first kappa shape index (κ1) is 13.4. The monoisotopic (exact) mass is 277 g/mol. The Morgan fingerprint density at radius 2 is 1.86 bits per heavy atom. The van der Waals surface area contributed by atoms with Gasteiger partial charge in [0.15, 0.2) is 0 Å². The van der Waals surface area contributed by atoms with Gasteiger partial charge in [0.05, 0.1) is 0 Å². The van der Waals surface area contributed by atoms with Crippen LogP contribution in [-0.2, 0) is 6.42 Å². The fourth-order valence-corrected chi connectivity index (χ4v) is 2.47. The molecule has 0 atom stereocenters. The van der Waals surface area contributed by atoms with Crippen molar-refractivity contribution in [3.05, 3.63) is 102 Å². The fourth-order valence-electron chi connectivity index (χ4n) is 2.47. The molecule has 104 valence electrons. The minimum Gasteiger partial charge on any atom is -0.362 e. The molecule has 0 fully saturated rings. The number of benzene rings is 2. The van der Waals surface area contributed by atoms with Gasteiger partial charge in [0.25, 0.3) is 0 Å². The van der Waals surface area contributed by atoms with Gasteiger partial charge in [0, 0.05) is 11.9 Å². The van der Waals surface area contributed by atoms with Gasteiger partial charge in [-0.2, -0.15) is 0 Å². The van der Waals surface area contributed by atoms with Crippen molar-refractivity contribution < 1.29 is 4.39 Å². The van der Waals surface area contributed by atoms with Gasteiger partial charge < -0.3 is 5.32 Å². The van der Waals surface area contributed by atoms with Crippen molar-refractivity contribution in [1.82, 2.24) is 5.32 Å². The van der Waals surface area contributed by atoms with E-state index in [0.717, 1.165) is 28.8 Å². The van der Waals surface area contributed by atoms with Crippen molar-refractivity contribution >= 4 is 5.57 Å². The molecule has 2 aromatic rings. The standard InChI is InChI=1S/C19H16FN/c1-14-11-17(9-10-21-14)19-13-18(20)8-7-16(19)12-15-5-3-2-4-6-15/h2-11,13,21H,1,12H2. The molecule has 0 saturated heterocycles. The molecule has 1 N–H and O–H groups in total. The molecule has 0 saturated carbocycles. The number of halogens is 1. The summed E-state index contributed by atoms with van der Waals surface area (Å²) in [7, 11) is 0. The van der Waals surface area contributed by atoms with E-state index >= 15 is 0 Å². The molecule has 0 radical (unpaired) electrons. The Morgan fingerprint density at radius 3 is 2.62 bits per heavy atom. The predicted molar refractivity (Wildman–Crippen MR) is 85.0 cm³/mol. The second kappa shape index (κ2) is 5.80. The Balaban J connectivity index is 2.01. The van der Waals surface area contributed by atoms with E-state index in [-0.39, 0.29) is 5.82 Å². The van der Waals surface area contributed by atoms with Crippen molar-refractivity contribution in [2.24, 2.45) is 0 Å². The summed E-state index contributed by atoms with van der Waals surface area (Å²) < 4.78 is 13.6. The maximum Gasteiger partial charge on any atom is 0.123 e. The highest BCUT2D eigenvalue weighted by atomic mass is 19.1. The van der Waals surface area contributed by atoms with E-state index in [2.05, 4.69) is 24.0 Å². The summed E-state index contributed by atoms with van der Waals surface area (Å²) in [5, 5.41) is 3.02. The summed E-state index contributed by atoms with van der Waals surface area (Å²) >= 11 is 0. The molecule has 2 aromatic carbocycles. The quantitative estimate of drug-likeness (QED) is 0.875. The number of hydrogen-bond acceptors (Lipinski definition) is 1. The lowest BCUT2D eigenvalue weighted by Gasteiger charge is -2.15. The summed E-state index contributed by atoms with van der Waals surface area (Å²) in [5.41, 5.74) is 5.01. The van der Waals surface area contributed by atoms with E-state index < -0.39 is 0 Å². The molecule has 1 heterocycles. The van der Waals surface area contributed by atoms with Crippen LogP contribution in [0, 0.1) is 5.82 Å². The maximum absolute atomic E-state index is 13.6. The molecule has 2 heteroatoms. The van der Waals surface area contributed by atoms with Gasteiger partial charge in [0.1, 0.15) is 5.82 Å². The third kappa shape index (κ3) is 3.11. The highest BCUT2D eigenvalue weighted by Gasteiger charge is 2.10. The molecule has 1 aliphatic heterocycles. The number of allylic oxidation sites excluding steroid dienone is 3. The SMILES string of the molecule is C=C1C=C(c2cc(F)ccc2Cc2ccccc2)C=CN1. The third-order valence-electron chi connectivity index (χ3n) is 3.48. The van der Waals surface area contributed by atoms with Gasteiger partial charge in [0.2, 0.25) is 0 Å². The van der Waals surface area contributed by atoms with Crippen molar-refractivity contribution in [2.75, 3.05) is 0 Å². The largest absolute Gasteiger partial charge is 0.362 e. The number of dihydropyridines is 1. The Kier molecular flexibility index (Phi) is 3.69. The number of rotatable bonds is 3. The summed E-state index contributed by atoms with van der Waals surface area (Å²) in [6, 6.07) is 15.2. The van der Waals surface area contributed by atoms with Gasteiger partial charge in [-0.1, -0.05) is 43.0 Å². The molecule has 0 aromatic heterocycles. The van der Waals surface area contributed by atoms with Crippen molar-refractivity contribution in [3.63, 3.8) is 0 Å². The zero-order chi connectivity index (χ0) is 14.7. The van der Waals surface area contributed by atoms with Gasteiger partial charge in [-0.3, -0.25) is 0 Å². The van der Waals surface area contributed by atoms with E-state index in [1.807, 2.05) is 42.6 Å². The summed E-state index contributed by atoms with van der Waals surface area (Å²) in [6.07, 6.45) is 6.48. The van der Waals surface area contributed by atoms with Crippen molar-refractivity contribution in [2.45, 2.75) is 6.42 Å². The summed E-state index contributed by atoms with van der Waals surface area (Å²) in [5.74, 6) is -0.222. The highest BCUT2D eigenvalue weighted by Crippen LogP contribution is 2.26. The van der Waals surface area contributed by atoms with Crippen LogP contribution in [0.5, 0.6) is 0 Å². The first-order valence-electron chi connectivity index (χ1n) is 6.89. The molecule has 0 unspecified atom stereocenters. The van der Waals surface area contributed by atoms with Crippen LogP contribution >= 0.6 is 0 Å². The second-order valence-electron chi connectivity index (χ2n) is 5.07. The molecule has 0 aliphatic carbocycles. The average Bonchev–Trinajstić information content (AvgIpc) is 2.50. The molecular weight excluding hydrogens is 261 g/mol. The zero-order valence-electron chi connectivity index (χ0n) is 11.6. The normalized spacial score (nSPS) is 13.8.